The van der Waals surface area contributed by atoms with Crippen LogP contribution in [0.3, 0.4) is 0 Å². The van der Waals surface area contributed by atoms with Crippen molar-refractivity contribution >= 4 is 30.0 Å². The van der Waals surface area contributed by atoms with Gasteiger partial charge in [0.25, 0.3) is 0 Å². The summed E-state index contributed by atoms with van der Waals surface area (Å²) in [5, 5.41) is -0.762. The fourth-order valence-electron chi connectivity index (χ4n) is 1.58. The van der Waals surface area contributed by atoms with Crippen LogP contribution >= 0.6 is 11.8 Å². The van der Waals surface area contributed by atoms with Crippen molar-refractivity contribution in [3.8, 4) is 0 Å². The maximum absolute atomic E-state index is 14.2. The van der Waals surface area contributed by atoms with Gasteiger partial charge in [-0.05, 0) is 0 Å². The highest BCUT2D eigenvalue weighted by Crippen LogP contribution is 2.39. The summed E-state index contributed by atoms with van der Waals surface area (Å²) in [5.74, 6) is -0.679. The van der Waals surface area contributed by atoms with Crippen LogP contribution in [0.25, 0.3) is 0 Å². The molecule has 1 heterocycles. The fourth-order valence-corrected chi connectivity index (χ4v) is 2.93. The van der Waals surface area contributed by atoms with E-state index in [1.807, 2.05) is 0 Å². The molecule has 1 unspecified atom stereocenters. The molecular weight excluding hydrogens is 311 g/mol. The second-order valence-corrected chi connectivity index (χ2v) is 5.24. The molecular formula is C11H15FO8S. The van der Waals surface area contributed by atoms with Crippen LogP contribution in [0.2, 0.25) is 0 Å². The van der Waals surface area contributed by atoms with Gasteiger partial charge in [-0.1, -0.05) is 0 Å². The van der Waals surface area contributed by atoms with E-state index in [1.165, 1.54) is 0 Å². The summed E-state index contributed by atoms with van der Waals surface area (Å²) in [6.45, 7) is 0.846. The number of methoxy groups -OCH3 is 2. The van der Waals surface area contributed by atoms with Crippen molar-refractivity contribution in [1.29, 1.82) is 0 Å². The van der Waals surface area contributed by atoms with Crippen LogP contribution < -0.4 is 0 Å². The first kappa shape index (κ1) is 17.3. The van der Waals surface area contributed by atoms with Crippen LogP contribution in [0.1, 0.15) is 6.92 Å². The van der Waals surface area contributed by atoms with Gasteiger partial charge in [-0.3, -0.25) is 4.79 Å². The minimum atomic E-state index is -1.77. The van der Waals surface area contributed by atoms with Gasteiger partial charge in [-0.25, -0.2) is 14.0 Å². The molecule has 21 heavy (non-hydrogen) atoms. The standard InChI is InChI=1S/C11H15FO8S/c1-5(13)19-9-7(12)8(20-11(15)17-3)6(21-9)4-18-10(14)16-2/h6-9H,4H2,1-3H3/t6-,7+,8-,9?/m1/s1. The molecule has 1 fully saturated rings. The van der Waals surface area contributed by atoms with E-state index in [4.69, 9.17) is 14.2 Å². The Labute approximate surface area is 124 Å². The zero-order valence-electron chi connectivity index (χ0n) is 11.6. The number of carbonyl (C=O) groups is 3. The number of hydrogen-bond donors (Lipinski definition) is 0. The Morgan fingerprint density at radius 3 is 2.24 bits per heavy atom. The number of carbonyl (C=O) groups excluding carboxylic acids is 3. The zero-order chi connectivity index (χ0) is 16.0. The van der Waals surface area contributed by atoms with Gasteiger partial charge in [0.2, 0.25) is 0 Å². The third-order valence-electron chi connectivity index (χ3n) is 2.46. The van der Waals surface area contributed by atoms with Crippen molar-refractivity contribution < 1.29 is 42.5 Å². The minimum Gasteiger partial charge on any atom is -0.448 e. The predicted octanol–water partition coefficient (Wildman–Crippen LogP) is 1.26. The summed E-state index contributed by atoms with van der Waals surface area (Å²) in [6.07, 6.45) is -5.10. The molecule has 1 aliphatic rings. The van der Waals surface area contributed by atoms with Gasteiger partial charge in [0, 0.05) is 6.92 Å². The lowest BCUT2D eigenvalue weighted by Gasteiger charge is -2.19. The minimum absolute atomic E-state index is 0.281. The Bertz CT molecular complexity index is 404. The number of ether oxygens (including phenoxy) is 5. The third kappa shape index (κ3) is 4.96. The van der Waals surface area contributed by atoms with Crippen molar-refractivity contribution in [2.45, 2.75) is 29.9 Å². The highest BCUT2D eigenvalue weighted by molar-refractivity contribution is 8.00. The largest absolute Gasteiger partial charge is 0.508 e. The van der Waals surface area contributed by atoms with E-state index in [0.717, 1.165) is 32.9 Å². The van der Waals surface area contributed by atoms with E-state index in [2.05, 4.69) is 9.47 Å². The molecule has 1 aliphatic heterocycles. The number of rotatable bonds is 4. The van der Waals surface area contributed by atoms with Crippen molar-refractivity contribution in [1.82, 2.24) is 0 Å². The van der Waals surface area contributed by atoms with E-state index >= 15 is 0 Å². The van der Waals surface area contributed by atoms with E-state index in [0.29, 0.717) is 0 Å². The van der Waals surface area contributed by atoms with Crippen molar-refractivity contribution in [3.05, 3.63) is 0 Å². The Balaban J connectivity index is 2.72. The van der Waals surface area contributed by atoms with Crippen LogP contribution in [-0.2, 0) is 28.5 Å². The Morgan fingerprint density at radius 2 is 1.71 bits per heavy atom. The molecule has 0 saturated carbocycles. The van der Waals surface area contributed by atoms with Crippen LogP contribution in [0, 0.1) is 0 Å². The maximum Gasteiger partial charge on any atom is 0.508 e. The second kappa shape index (κ2) is 7.91. The molecule has 0 N–H and O–H groups in total. The predicted molar refractivity (Wildman–Crippen MR) is 67.5 cm³/mol. The van der Waals surface area contributed by atoms with Gasteiger partial charge in [-0.15, -0.1) is 11.8 Å². The smallest absolute Gasteiger partial charge is 0.448 e. The first-order chi connectivity index (χ1) is 9.88. The molecule has 0 radical (unpaired) electrons. The number of alkyl halides is 1. The van der Waals surface area contributed by atoms with Crippen molar-refractivity contribution in [3.63, 3.8) is 0 Å². The van der Waals surface area contributed by atoms with Crippen LogP contribution in [-0.4, -0.2) is 62.1 Å². The van der Waals surface area contributed by atoms with E-state index in [-0.39, 0.29) is 6.61 Å². The summed E-state index contributed by atoms with van der Waals surface area (Å²) in [4.78, 5) is 33.0. The van der Waals surface area contributed by atoms with Crippen molar-refractivity contribution in [2.75, 3.05) is 20.8 Å². The van der Waals surface area contributed by atoms with Crippen LogP contribution in [0.4, 0.5) is 14.0 Å². The number of hydrogen-bond acceptors (Lipinski definition) is 9. The third-order valence-corrected chi connectivity index (χ3v) is 3.84. The molecule has 8 nitrogen and oxygen atoms in total. The molecule has 1 saturated heterocycles. The Kier molecular flexibility index (Phi) is 6.53. The van der Waals surface area contributed by atoms with Gasteiger partial charge in [0.05, 0.1) is 19.5 Å². The normalized spacial score (nSPS) is 27.6. The lowest BCUT2D eigenvalue weighted by molar-refractivity contribution is -0.145. The quantitative estimate of drug-likeness (QED) is 0.558. The molecule has 4 atom stereocenters. The number of thioether (sulfide) groups is 1. The highest BCUT2D eigenvalue weighted by Gasteiger charge is 2.50. The highest BCUT2D eigenvalue weighted by atomic mass is 32.2. The maximum atomic E-state index is 14.2. The molecule has 120 valence electrons. The first-order valence-corrected chi connectivity index (χ1v) is 6.75. The topological polar surface area (TPSA) is 97.4 Å². The molecule has 0 amide bonds. The molecule has 0 aliphatic carbocycles. The first-order valence-electron chi connectivity index (χ1n) is 5.81. The zero-order valence-corrected chi connectivity index (χ0v) is 12.4. The Morgan fingerprint density at radius 1 is 1.10 bits per heavy atom. The van der Waals surface area contributed by atoms with Gasteiger partial charge in [-0.2, -0.15) is 0 Å². The summed E-state index contributed by atoms with van der Waals surface area (Å²) < 4.78 is 37.0. The van der Waals surface area contributed by atoms with Gasteiger partial charge >= 0.3 is 18.3 Å². The van der Waals surface area contributed by atoms with E-state index in [1.54, 1.807) is 0 Å². The summed E-state index contributed by atoms with van der Waals surface area (Å²) in [5.41, 5.74) is -1.16. The molecule has 0 bridgehead atoms. The number of halogens is 1. The second-order valence-electron chi connectivity index (χ2n) is 3.90. The molecule has 10 heteroatoms. The average Bonchev–Trinajstić information content (AvgIpc) is 2.72. The van der Waals surface area contributed by atoms with E-state index < -0.39 is 41.2 Å². The van der Waals surface area contributed by atoms with Gasteiger partial charge in [0.15, 0.2) is 17.7 Å². The monoisotopic (exact) mass is 326 g/mol. The lowest BCUT2D eigenvalue weighted by Crippen LogP contribution is -2.37. The van der Waals surface area contributed by atoms with Gasteiger partial charge < -0.3 is 23.7 Å². The summed E-state index contributed by atoms with van der Waals surface area (Å²) >= 11 is 0.877. The van der Waals surface area contributed by atoms with E-state index in [9.17, 15) is 18.8 Å². The SMILES string of the molecule is COC(=O)OC[C@H]1SC(OC(C)=O)[C@@H](F)[C@@H]1OC(=O)OC. The Hall–Kier alpha value is -1.71. The summed E-state index contributed by atoms with van der Waals surface area (Å²) in [6, 6.07) is 0. The van der Waals surface area contributed by atoms with Crippen molar-refractivity contribution in [2.24, 2.45) is 0 Å². The van der Waals surface area contributed by atoms with Gasteiger partial charge in [0.1, 0.15) is 6.61 Å². The lowest BCUT2D eigenvalue weighted by atomic mass is 10.2. The average molecular weight is 326 g/mol. The number of esters is 1. The summed E-state index contributed by atoms with van der Waals surface area (Å²) in [7, 11) is 2.19. The molecule has 0 aromatic carbocycles. The molecule has 0 aromatic rings. The van der Waals surface area contributed by atoms with Crippen LogP contribution in [0.15, 0.2) is 0 Å². The molecule has 1 rings (SSSR count). The fraction of sp³-hybridized carbons (Fsp3) is 0.727. The van der Waals surface area contributed by atoms with Crippen LogP contribution in [0.5, 0.6) is 0 Å². The molecule has 0 spiro atoms. The molecule has 0 aromatic heterocycles.